The second kappa shape index (κ2) is 5.85. The summed E-state index contributed by atoms with van der Waals surface area (Å²) in [5.41, 5.74) is 3.02. The lowest BCUT2D eigenvalue weighted by Gasteiger charge is -2.33. The number of benzene rings is 1. The molecule has 1 aromatic carbocycles. The van der Waals surface area contributed by atoms with Crippen molar-refractivity contribution in [3.8, 4) is 0 Å². The van der Waals surface area contributed by atoms with E-state index in [1.54, 1.807) is 7.11 Å². The van der Waals surface area contributed by atoms with E-state index in [1.807, 2.05) is 0 Å². The Morgan fingerprint density at radius 1 is 1.47 bits per heavy atom. The molecule has 2 nitrogen and oxygen atoms in total. The summed E-state index contributed by atoms with van der Waals surface area (Å²) in [6.07, 6.45) is 1.21. The van der Waals surface area contributed by atoms with E-state index in [0.717, 1.165) is 13.1 Å². The Morgan fingerprint density at radius 3 is 2.94 bits per heavy atom. The zero-order chi connectivity index (χ0) is 12.3. The molecule has 0 radical (unpaired) electrons. The number of halogens is 1. The maximum atomic E-state index is 6.15. The first-order valence-electron chi connectivity index (χ1n) is 6.10. The predicted molar refractivity (Wildman–Crippen MR) is 71.9 cm³/mol. The number of rotatable bonds is 6. The fraction of sp³-hybridized carbons (Fsp3) is 0.571. The summed E-state index contributed by atoms with van der Waals surface area (Å²) in [5.74, 6) is 0.683. The normalized spacial score (nSPS) is 19.9. The van der Waals surface area contributed by atoms with Crippen LogP contribution in [0.3, 0.4) is 0 Å². The van der Waals surface area contributed by atoms with E-state index < -0.39 is 0 Å². The Morgan fingerprint density at radius 2 is 2.24 bits per heavy atom. The quantitative estimate of drug-likeness (QED) is 0.723. The monoisotopic (exact) mass is 253 g/mol. The molecule has 2 atom stereocenters. The third-order valence-electron chi connectivity index (χ3n) is 3.35. The second-order valence-electron chi connectivity index (χ2n) is 4.87. The number of ether oxygens (including phenoxy) is 1. The van der Waals surface area contributed by atoms with E-state index in [9.17, 15) is 0 Å². The zero-order valence-corrected chi connectivity index (χ0v) is 11.3. The lowest BCUT2D eigenvalue weighted by atomic mass is 9.77. The zero-order valence-electron chi connectivity index (χ0n) is 10.5. The van der Waals surface area contributed by atoms with Gasteiger partial charge < -0.3 is 9.64 Å². The Kier molecular flexibility index (Phi) is 4.43. The van der Waals surface area contributed by atoms with Gasteiger partial charge in [0.1, 0.15) is 0 Å². The summed E-state index contributed by atoms with van der Waals surface area (Å²) in [4.78, 5) is 2.30. The second-order valence-corrected chi connectivity index (χ2v) is 5.49. The van der Waals surface area contributed by atoms with Crippen molar-refractivity contribution in [2.75, 3.05) is 33.9 Å². The third kappa shape index (κ3) is 3.21. The van der Waals surface area contributed by atoms with Crippen LogP contribution in [0, 0.1) is 0 Å². The minimum absolute atomic E-state index is 0.0836. The van der Waals surface area contributed by atoms with E-state index in [2.05, 4.69) is 36.2 Å². The van der Waals surface area contributed by atoms with Gasteiger partial charge in [-0.15, -0.1) is 11.6 Å². The van der Waals surface area contributed by atoms with Gasteiger partial charge in [0.25, 0.3) is 0 Å². The molecule has 0 spiro atoms. The molecule has 0 bridgehead atoms. The molecule has 3 heteroatoms. The first-order chi connectivity index (χ1) is 8.20. The van der Waals surface area contributed by atoms with Gasteiger partial charge in [-0.3, -0.25) is 0 Å². The fourth-order valence-corrected chi connectivity index (χ4v) is 2.91. The molecule has 0 saturated heterocycles. The van der Waals surface area contributed by atoms with Gasteiger partial charge in [0.2, 0.25) is 0 Å². The van der Waals surface area contributed by atoms with Crippen LogP contribution in [0.15, 0.2) is 24.3 Å². The summed E-state index contributed by atoms with van der Waals surface area (Å²) in [6.45, 7) is 2.59. The maximum Gasteiger partial charge on any atom is 0.0696 e. The van der Waals surface area contributed by atoms with Crippen molar-refractivity contribution >= 4 is 11.6 Å². The number of alkyl halides is 1. The highest BCUT2D eigenvalue weighted by atomic mass is 35.5. The lowest BCUT2D eigenvalue weighted by molar-refractivity contribution is 0.180. The Bertz CT molecular complexity index is 369. The van der Waals surface area contributed by atoms with Crippen LogP contribution in [0.5, 0.6) is 0 Å². The molecular formula is C14H20ClNO. The molecule has 0 fully saturated rings. The van der Waals surface area contributed by atoms with E-state index in [-0.39, 0.29) is 5.38 Å². The summed E-state index contributed by atoms with van der Waals surface area (Å²) in [5, 5.41) is 0.0836. The first kappa shape index (κ1) is 12.9. The number of hydrogen-bond acceptors (Lipinski definition) is 2. The standard InChI is InChI=1S/C14H20ClNO/c1-16(9-13(15)10-17-2)8-12-7-11-5-3-4-6-14(11)12/h3-6,12-13H,7-10H2,1-2H3. The summed E-state index contributed by atoms with van der Waals surface area (Å²) < 4.78 is 5.05. The molecule has 2 rings (SSSR count). The van der Waals surface area contributed by atoms with E-state index in [1.165, 1.54) is 17.5 Å². The van der Waals surface area contributed by atoms with Crippen LogP contribution in [-0.2, 0) is 11.2 Å². The number of likely N-dealkylation sites (N-methyl/N-ethyl adjacent to an activating group) is 1. The average molecular weight is 254 g/mol. The van der Waals surface area contributed by atoms with Gasteiger partial charge in [0, 0.05) is 26.1 Å². The maximum absolute atomic E-state index is 6.15. The van der Waals surface area contributed by atoms with Crippen molar-refractivity contribution in [3.05, 3.63) is 35.4 Å². The number of fused-ring (bicyclic) bond motifs is 1. The summed E-state index contributed by atoms with van der Waals surface area (Å²) >= 11 is 6.15. The smallest absolute Gasteiger partial charge is 0.0696 e. The highest BCUT2D eigenvalue weighted by Crippen LogP contribution is 2.35. The molecule has 1 aromatic rings. The number of nitrogens with zero attached hydrogens (tertiary/aromatic N) is 1. The highest BCUT2D eigenvalue weighted by molar-refractivity contribution is 6.20. The molecule has 1 aliphatic carbocycles. The molecule has 0 N–H and O–H groups in total. The molecule has 0 amide bonds. The van der Waals surface area contributed by atoms with Gasteiger partial charge in [-0.1, -0.05) is 24.3 Å². The van der Waals surface area contributed by atoms with E-state index >= 15 is 0 Å². The lowest BCUT2D eigenvalue weighted by Crippen LogP contribution is -2.35. The van der Waals surface area contributed by atoms with Gasteiger partial charge in [0.05, 0.1) is 12.0 Å². The van der Waals surface area contributed by atoms with Crippen molar-refractivity contribution in [2.24, 2.45) is 0 Å². The molecule has 94 valence electrons. The van der Waals surface area contributed by atoms with Crippen LogP contribution in [-0.4, -0.2) is 44.1 Å². The molecule has 2 unspecified atom stereocenters. The molecule has 0 heterocycles. The van der Waals surface area contributed by atoms with Crippen LogP contribution in [0.25, 0.3) is 0 Å². The summed E-state index contributed by atoms with van der Waals surface area (Å²) in [6, 6.07) is 8.71. The largest absolute Gasteiger partial charge is 0.383 e. The van der Waals surface area contributed by atoms with Gasteiger partial charge in [0.15, 0.2) is 0 Å². The molecule has 1 aliphatic rings. The van der Waals surface area contributed by atoms with Gasteiger partial charge in [-0.2, -0.15) is 0 Å². The highest BCUT2D eigenvalue weighted by Gasteiger charge is 2.26. The fourth-order valence-electron chi connectivity index (χ4n) is 2.55. The van der Waals surface area contributed by atoms with Crippen LogP contribution in [0.1, 0.15) is 17.0 Å². The van der Waals surface area contributed by atoms with Crippen LogP contribution in [0.2, 0.25) is 0 Å². The van der Waals surface area contributed by atoms with Gasteiger partial charge in [-0.25, -0.2) is 0 Å². The minimum atomic E-state index is 0.0836. The Hall–Kier alpha value is -0.570. The van der Waals surface area contributed by atoms with Crippen LogP contribution in [0.4, 0.5) is 0 Å². The van der Waals surface area contributed by atoms with Crippen molar-refractivity contribution in [1.29, 1.82) is 0 Å². The van der Waals surface area contributed by atoms with Crippen molar-refractivity contribution in [2.45, 2.75) is 17.7 Å². The van der Waals surface area contributed by atoms with Crippen molar-refractivity contribution in [1.82, 2.24) is 4.90 Å². The number of hydrogen-bond donors (Lipinski definition) is 0. The Balaban J connectivity index is 1.80. The first-order valence-corrected chi connectivity index (χ1v) is 6.53. The van der Waals surface area contributed by atoms with E-state index in [0.29, 0.717) is 12.5 Å². The third-order valence-corrected chi connectivity index (χ3v) is 3.61. The van der Waals surface area contributed by atoms with Gasteiger partial charge >= 0.3 is 0 Å². The van der Waals surface area contributed by atoms with Crippen molar-refractivity contribution in [3.63, 3.8) is 0 Å². The van der Waals surface area contributed by atoms with E-state index in [4.69, 9.17) is 16.3 Å². The van der Waals surface area contributed by atoms with Crippen LogP contribution < -0.4 is 0 Å². The SMILES string of the molecule is COCC(Cl)CN(C)CC1Cc2ccccc21. The molecule has 0 aromatic heterocycles. The predicted octanol–water partition coefficient (Wildman–Crippen LogP) is 2.51. The van der Waals surface area contributed by atoms with Crippen LogP contribution >= 0.6 is 11.6 Å². The summed E-state index contributed by atoms with van der Waals surface area (Å²) in [7, 11) is 3.82. The van der Waals surface area contributed by atoms with Crippen molar-refractivity contribution < 1.29 is 4.74 Å². The molecule has 17 heavy (non-hydrogen) atoms. The molecule has 0 aliphatic heterocycles. The van der Waals surface area contributed by atoms with Gasteiger partial charge in [-0.05, 0) is 24.6 Å². The average Bonchev–Trinajstić information content (AvgIpc) is 2.26. The minimum Gasteiger partial charge on any atom is -0.383 e. The topological polar surface area (TPSA) is 12.5 Å². The molecular weight excluding hydrogens is 234 g/mol. The Labute approximate surface area is 109 Å². The molecule has 0 saturated carbocycles. The number of methoxy groups -OCH3 is 1.